The van der Waals surface area contributed by atoms with Crippen molar-refractivity contribution in [2.24, 2.45) is 0 Å². The Bertz CT molecular complexity index is 330. The van der Waals surface area contributed by atoms with E-state index in [2.05, 4.69) is 0 Å². The summed E-state index contributed by atoms with van der Waals surface area (Å²) in [5, 5.41) is 19.1. The molecule has 0 aliphatic heterocycles. The fourth-order valence-corrected chi connectivity index (χ4v) is 1.89. The highest BCUT2D eigenvalue weighted by molar-refractivity contribution is 6.21. The number of aliphatic hydroxyl groups excluding tert-OH is 2. The largest absolute Gasteiger partial charge is 0.388 e. The number of carbonyl (C=O) groups excluding carboxylic acids is 2. The van der Waals surface area contributed by atoms with Gasteiger partial charge in [0.25, 0.3) is 0 Å². The molecule has 0 saturated heterocycles. The lowest BCUT2D eigenvalue weighted by Crippen LogP contribution is -2.35. The maximum Gasteiger partial charge on any atom is 0.185 e. The van der Waals surface area contributed by atoms with Crippen LogP contribution in [0, 0.1) is 0 Å². The molecule has 2 atom stereocenters. The van der Waals surface area contributed by atoms with Gasteiger partial charge in [0.15, 0.2) is 11.6 Å². The summed E-state index contributed by atoms with van der Waals surface area (Å²) in [4.78, 5) is 22.7. The van der Waals surface area contributed by atoms with Gasteiger partial charge in [-0.25, -0.2) is 0 Å². The summed E-state index contributed by atoms with van der Waals surface area (Å²) in [5.41, 5.74) is 0.160. The van der Waals surface area contributed by atoms with Gasteiger partial charge in [-0.2, -0.15) is 0 Å². The molecule has 0 radical (unpaired) electrons. The van der Waals surface area contributed by atoms with Gasteiger partial charge in [-0.3, -0.25) is 9.59 Å². The minimum absolute atomic E-state index is 0.0799. The lowest BCUT2D eigenvalue weighted by atomic mass is 9.80. The van der Waals surface area contributed by atoms with Crippen LogP contribution in [-0.4, -0.2) is 34.0 Å². The van der Waals surface area contributed by atoms with Crippen molar-refractivity contribution in [1.29, 1.82) is 0 Å². The summed E-state index contributed by atoms with van der Waals surface area (Å²) in [7, 11) is 0. The first-order chi connectivity index (χ1) is 6.61. The van der Waals surface area contributed by atoms with E-state index < -0.39 is 12.2 Å². The standard InChI is InChI=1S/C10H10O4/c11-5-1-2-6(12)10-8(14)4-3-7(13)9(5)10/h1-2,7-8,13-14H,3-4H2/t7-,8+. The van der Waals surface area contributed by atoms with Crippen LogP contribution in [0.5, 0.6) is 0 Å². The van der Waals surface area contributed by atoms with E-state index in [0.717, 1.165) is 12.2 Å². The average molecular weight is 194 g/mol. The third kappa shape index (κ3) is 1.23. The van der Waals surface area contributed by atoms with Crippen LogP contribution in [0.2, 0.25) is 0 Å². The number of carbonyl (C=O) groups is 2. The molecule has 0 amide bonds. The molecule has 2 rings (SSSR count). The molecule has 74 valence electrons. The van der Waals surface area contributed by atoms with Crippen LogP contribution in [0.1, 0.15) is 12.8 Å². The van der Waals surface area contributed by atoms with Crippen molar-refractivity contribution in [3.8, 4) is 0 Å². The first kappa shape index (κ1) is 9.30. The summed E-state index contributed by atoms with van der Waals surface area (Å²) < 4.78 is 0. The summed E-state index contributed by atoms with van der Waals surface area (Å²) >= 11 is 0. The van der Waals surface area contributed by atoms with Crippen molar-refractivity contribution in [1.82, 2.24) is 0 Å². The monoisotopic (exact) mass is 194 g/mol. The van der Waals surface area contributed by atoms with Crippen molar-refractivity contribution in [3.05, 3.63) is 23.3 Å². The molecule has 2 N–H and O–H groups in total. The number of hydrogen-bond acceptors (Lipinski definition) is 4. The van der Waals surface area contributed by atoms with Crippen LogP contribution in [0.25, 0.3) is 0 Å². The Balaban J connectivity index is 2.53. The van der Waals surface area contributed by atoms with E-state index in [1.165, 1.54) is 0 Å². The van der Waals surface area contributed by atoms with Crippen molar-refractivity contribution >= 4 is 11.6 Å². The highest BCUT2D eigenvalue weighted by Gasteiger charge is 2.35. The molecular weight excluding hydrogens is 184 g/mol. The number of aliphatic hydroxyl groups is 2. The van der Waals surface area contributed by atoms with Gasteiger partial charge in [0.05, 0.1) is 12.2 Å². The van der Waals surface area contributed by atoms with Gasteiger partial charge in [-0.05, 0) is 25.0 Å². The Labute approximate surface area is 80.5 Å². The first-order valence-electron chi connectivity index (χ1n) is 4.48. The van der Waals surface area contributed by atoms with Gasteiger partial charge in [-0.15, -0.1) is 0 Å². The molecule has 4 heteroatoms. The molecule has 2 aliphatic rings. The normalized spacial score (nSPS) is 32.1. The van der Waals surface area contributed by atoms with Crippen molar-refractivity contribution < 1.29 is 19.8 Å². The Morgan fingerprint density at radius 2 is 1.29 bits per heavy atom. The molecule has 0 unspecified atom stereocenters. The van der Waals surface area contributed by atoms with Gasteiger partial charge < -0.3 is 10.2 Å². The molecule has 0 aromatic carbocycles. The fraction of sp³-hybridized carbons (Fsp3) is 0.400. The second kappa shape index (κ2) is 3.15. The maximum absolute atomic E-state index is 11.4. The highest BCUT2D eigenvalue weighted by Crippen LogP contribution is 2.29. The second-order valence-electron chi connectivity index (χ2n) is 3.50. The smallest absolute Gasteiger partial charge is 0.185 e. The lowest BCUT2D eigenvalue weighted by Gasteiger charge is -2.27. The minimum Gasteiger partial charge on any atom is -0.388 e. The highest BCUT2D eigenvalue weighted by atomic mass is 16.3. The van der Waals surface area contributed by atoms with Crippen molar-refractivity contribution in [2.45, 2.75) is 25.0 Å². The van der Waals surface area contributed by atoms with Crippen molar-refractivity contribution in [2.75, 3.05) is 0 Å². The van der Waals surface area contributed by atoms with Crippen molar-refractivity contribution in [3.63, 3.8) is 0 Å². The molecule has 4 nitrogen and oxygen atoms in total. The first-order valence-corrected chi connectivity index (χ1v) is 4.48. The molecule has 0 spiro atoms. The van der Waals surface area contributed by atoms with E-state index in [-0.39, 0.29) is 22.7 Å². The van der Waals surface area contributed by atoms with Crippen LogP contribution in [0.15, 0.2) is 23.3 Å². The maximum atomic E-state index is 11.4. The third-order valence-electron chi connectivity index (χ3n) is 2.59. The van der Waals surface area contributed by atoms with Crippen LogP contribution in [0.3, 0.4) is 0 Å². The van der Waals surface area contributed by atoms with E-state index in [1.54, 1.807) is 0 Å². The van der Waals surface area contributed by atoms with Crippen LogP contribution in [0.4, 0.5) is 0 Å². The van der Waals surface area contributed by atoms with Gasteiger partial charge in [0, 0.05) is 11.1 Å². The van der Waals surface area contributed by atoms with E-state index in [0.29, 0.717) is 12.8 Å². The van der Waals surface area contributed by atoms with Crippen LogP contribution >= 0.6 is 0 Å². The summed E-state index contributed by atoms with van der Waals surface area (Å²) in [6.45, 7) is 0. The van der Waals surface area contributed by atoms with Gasteiger partial charge in [0.2, 0.25) is 0 Å². The summed E-state index contributed by atoms with van der Waals surface area (Å²) in [6.07, 6.45) is 1.12. The van der Waals surface area contributed by atoms with Crippen LogP contribution in [-0.2, 0) is 9.59 Å². The Morgan fingerprint density at radius 3 is 1.64 bits per heavy atom. The van der Waals surface area contributed by atoms with E-state index in [1.807, 2.05) is 0 Å². The third-order valence-corrected chi connectivity index (χ3v) is 2.59. The average Bonchev–Trinajstić information content (AvgIpc) is 2.16. The Kier molecular flexibility index (Phi) is 2.09. The van der Waals surface area contributed by atoms with E-state index in [4.69, 9.17) is 0 Å². The molecule has 0 aromatic rings. The zero-order valence-electron chi connectivity index (χ0n) is 7.43. The zero-order chi connectivity index (χ0) is 10.3. The predicted molar refractivity (Wildman–Crippen MR) is 47.4 cm³/mol. The van der Waals surface area contributed by atoms with E-state index in [9.17, 15) is 19.8 Å². The van der Waals surface area contributed by atoms with E-state index >= 15 is 0 Å². The second-order valence-corrected chi connectivity index (χ2v) is 3.50. The summed E-state index contributed by atoms with van der Waals surface area (Å²) in [5.74, 6) is -0.739. The van der Waals surface area contributed by atoms with Gasteiger partial charge in [-0.1, -0.05) is 0 Å². The quantitative estimate of drug-likeness (QED) is 0.510. The molecule has 0 aromatic heterocycles. The number of hydrogen-bond donors (Lipinski definition) is 2. The molecular formula is C10H10O4. The Morgan fingerprint density at radius 1 is 0.929 bits per heavy atom. The molecule has 0 bridgehead atoms. The lowest BCUT2D eigenvalue weighted by molar-refractivity contribution is -0.117. The van der Waals surface area contributed by atoms with Gasteiger partial charge >= 0.3 is 0 Å². The predicted octanol–water partition coefficient (Wildman–Crippen LogP) is -0.493. The zero-order valence-corrected chi connectivity index (χ0v) is 7.43. The number of ketones is 2. The number of rotatable bonds is 0. The minimum atomic E-state index is -0.908. The topological polar surface area (TPSA) is 74.6 Å². The molecule has 0 saturated carbocycles. The van der Waals surface area contributed by atoms with Gasteiger partial charge in [0.1, 0.15) is 0 Å². The Hall–Kier alpha value is -1.26. The molecule has 0 fully saturated rings. The fourth-order valence-electron chi connectivity index (χ4n) is 1.89. The molecule has 0 heterocycles. The SMILES string of the molecule is O=C1C=CC(=O)C2=C1[C@H](O)CC[C@@H]2O. The summed E-state index contributed by atoms with van der Waals surface area (Å²) in [6, 6.07) is 0. The van der Waals surface area contributed by atoms with Crippen LogP contribution < -0.4 is 0 Å². The number of allylic oxidation sites excluding steroid dienone is 2. The molecule has 14 heavy (non-hydrogen) atoms. The molecule has 2 aliphatic carbocycles.